The predicted octanol–water partition coefficient (Wildman–Crippen LogP) is 4.02. The molecule has 0 aromatic carbocycles. The average Bonchev–Trinajstić information content (AvgIpc) is 2.94. The lowest BCUT2D eigenvalue weighted by molar-refractivity contribution is -0.137. The molecular formula is C12H8ClF3N4S. The van der Waals surface area contributed by atoms with Crippen LogP contribution in [0, 0.1) is 6.92 Å². The molecule has 0 aliphatic carbocycles. The fourth-order valence-corrected chi connectivity index (χ4v) is 3.09. The summed E-state index contributed by atoms with van der Waals surface area (Å²) in [7, 11) is 0. The lowest BCUT2D eigenvalue weighted by Gasteiger charge is -2.08. The molecule has 0 aliphatic rings. The molecular weight excluding hydrogens is 325 g/mol. The van der Waals surface area contributed by atoms with Crippen LogP contribution in [0.25, 0.3) is 16.3 Å². The van der Waals surface area contributed by atoms with Crippen LogP contribution in [0.2, 0.25) is 5.02 Å². The van der Waals surface area contributed by atoms with E-state index in [9.17, 15) is 13.2 Å². The van der Waals surface area contributed by atoms with Gasteiger partial charge in [0.05, 0.1) is 21.2 Å². The van der Waals surface area contributed by atoms with Gasteiger partial charge in [0.2, 0.25) is 0 Å². The fourth-order valence-electron chi connectivity index (χ4n) is 1.89. The molecule has 0 fully saturated rings. The standard InChI is InChI=1S/C12H8ClF3N4S/c1-5-4-21-9(8(5)17)11-19-18-10-7(13)2-6(3-20(10)11)12(14,15)16/h2-4H,17H2,1H3. The molecule has 2 N–H and O–H groups in total. The Labute approximate surface area is 126 Å². The number of pyridine rings is 1. The lowest BCUT2D eigenvalue weighted by atomic mass is 10.2. The number of halogens is 4. The van der Waals surface area contributed by atoms with Crippen molar-refractivity contribution in [3.8, 4) is 10.7 Å². The molecule has 0 saturated heterocycles. The normalized spacial score (nSPS) is 12.2. The Balaban J connectivity index is 2.30. The molecule has 3 aromatic rings. The Hall–Kier alpha value is -1.80. The van der Waals surface area contributed by atoms with E-state index in [1.165, 1.54) is 15.7 Å². The molecule has 0 aliphatic heterocycles. The van der Waals surface area contributed by atoms with Gasteiger partial charge < -0.3 is 5.73 Å². The van der Waals surface area contributed by atoms with Crippen molar-refractivity contribution in [2.45, 2.75) is 13.1 Å². The highest BCUT2D eigenvalue weighted by molar-refractivity contribution is 7.14. The van der Waals surface area contributed by atoms with Crippen LogP contribution in [-0.2, 0) is 6.18 Å². The van der Waals surface area contributed by atoms with E-state index in [0.29, 0.717) is 10.6 Å². The zero-order chi connectivity index (χ0) is 15.4. The Morgan fingerprint density at radius 1 is 1.33 bits per heavy atom. The van der Waals surface area contributed by atoms with E-state index in [1.807, 2.05) is 6.92 Å². The maximum atomic E-state index is 12.9. The molecule has 0 spiro atoms. The predicted molar refractivity (Wildman–Crippen MR) is 75.5 cm³/mol. The summed E-state index contributed by atoms with van der Waals surface area (Å²) in [5, 5.41) is 9.44. The minimum absolute atomic E-state index is 0.115. The first kappa shape index (κ1) is 14.2. The summed E-state index contributed by atoms with van der Waals surface area (Å²) >= 11 is 7.16. The topological polar surface area (TPSA) is 56.2 Å². The number of nitrogen functional groups attached to an aromatic ring is 1. The second kappa shape index (κ2) is 4.60. The average molecular weight is 333 g/mol. The van der Waals surface area contributed by atoms with E-state index in [4.69, 9.17) is 17.3 Å². The maximum Gasteiger partial charge on any atom is 0.417 e. The summed E-state index contributed by atoms with van der Waals surface area (Å²) in [6, 6.07) is 0.832. The lowest BCUT2D eigenvalue weighted by Crippen LogP contribution is -2.07. The minimum Gasteiger partial charge on any atom is -0.397 e. The number of nitrogens with zero attached hydrogens (tertiary/aromatic N) is 3. The van der Waals surface area contributed by atoms with E-state index in [1.54, 1.807) is 5.38 Å². The number of anilines is 1. The second-order valence-corrected chi connectivity index (χ2v) is 5.74. The van der Waals surface area contributed by atoms with Gasteiger partial charge in [-0.15, -0.1) is 21.5 Å². The third kappa shape index (κ3) is 2.24. The SMILES string of the molecule is Cc1csc(-c2nnc3c(Cl)cc(C(F)(F)F)cn23)c1N. The number of hydrogen-bond acceptors (Lipinski definition) is 4. The summed E-state index contributed by atoms with van der Waals surface area (Å²) < 4.78 is 39.9. The highest BCUT2D eigenvalue weighted by atomic mass is 35.5. The number of thiophene rings is 1. The first-order chi connectivity index (χ1) is 9.79. The highest BCUT2D eigenvalue weighted by Crippen LogP contribution is 2.37. The van der Waals surface area contributed by atoms with Crippen molar-refractivity contribution in [3.05, 3.63) is 33.8 Å². The van der Waals surface area contributed by atoms with Gasteiger partial charge in [-0.25, -0.2) is 0 Å². The number of fused-ring (bicyclic) bond motifs is 1. The molecule has 3 rings (SSSR count). The summed E-state index contributed by atoms with van der Waals surface area (Å²) in [6.07, 6.45) is -3.58. The Morgan fingerprint density at radius 3 is 2.62 bits per heavy atom. The molecule has 3 aromatic heterocycles. The number of hydrogen-bond donors (Lipinski definition) is 1. The first-order valence-electron chi connectivity index (χ1n) is 5.74. The molecule has 0 unspecified atom stereocenters. The third-order valence-electron chi connectivity index (χ3n) is 3.01. The van der Waals surface area contributed by atoms with E-state index >= 15 is 0 Å². The van der Waals surface area contributed by atoms with Gasteiger partial charge in [0, 0.05) is 6.20 Å². The molecule has 4 nitrogen and oxygen atoms in total. The van der Waals surface area contributed by atoms with Crippen molar-refractivity contribution < 1.29 is 13.2 Å². The van der Waals surface area contributed by atoms with Gasteiger partial charge in [-0.05, 0) is 23.9 Å². The third-order valence-corrected chi connectivity index (χ3v) is 4.40. The molecule has 9 heteroatoms. The van der Waals surface area contributed by atoms with Gasteiger partial charge in [0.1, 0.15) is 0 Å². The van der Waals surface area contributed by atoms with Crippen molar-refractivity contribution >= 4 is 34.3 Å². The molecule has 0 bridgehead atoms. The van der Waals surface area contributed by atoms with Gasteiger partial charge in [0.25, 0.3) is 0 Å². The van der Waals surface area contributed by atoms with Crippen molar-refractivity contribution in [2.75, 3.05) is 5.73 Å². The van der Waals surface area contributed by atoms with Gasteiger partial charge in [-0.3, -0.25) is 4.40 Å². The minimum atomic E-state index is -4.50. The van der Waals surface area contributed by atoms with E-state index in [-0.39, 0.29) is 16.5 Å². The molecule has 0 saturated carbocycles. The van der Waals surface area contributed by atoms with Crippen molar-refractivity contribution in [2.24, 2.45) is 0 Å². The molecule has 3 heterocycles. The quantitative estimate of drug-likeness (QED) is 0.732. The Bertz CT molecular complexity index is 837. The van der Waals surface area contributed by atoms with Crippen LogP contribution >= 0.6 is 22.9 Å². The van der Waals surface area contributed by atoms with Crippen molar-refractivity contribution in [3.63, 3.8) is 0 Å². The van der Waals surface area contributed by atoms with Crippen LogP contribution in [0.15, 0.2) is 17.6 Å². The molecule has 21 heavy (non-hydrogen) atoms. The van der Waals surface area contributed by atoms with Gasteiger partial charge in [-0.1, -0.05) is 11.6 Å². The van der Waals surface area contributed by atoms with Gasteiger partial charge in [-0.2, -0.15) is 13.2 Å². The summed E-state index contributed by atoms with van der Waals surface area (Å²) in [5.74, 6) is 0.244. The summed E-state index contributed by atoms with van der Waals surface area (Å²) in [6.45, 7) is 1.81. The monoisotopic (exact) mass is 332 g/mol. The van der Waals surface area contributed by atoms with Crippen LogP contribution in [0.1, 0.15) is 11.1 Å². The molecule has 0 radical (unpaired) electrons. The van der Waals surface area contributed by atoms with E-state index < -0.39 is 11.7 Å². The molecule has 0 amide bonds. The first-order valence-corrected chi connectivity index (χ1v) is 7.00. The Kier molecular flexibility index (Phi) is 3.10. The van der Waals surface area contributed by atoms with Gasteiger partial charge >= 0.3 is 6.18 Å². The number of aryl methyl sites for hydroxylation is 1. The molecule has 110 valence electrons. The summed E-state index contributed by atoms with van der Waals surface area (Å²) in [4.78, 5) is 0.565. The van der Waals surface area contributed by atoms with Crippen LogP contribution in [0.5, 0.6) is 0 Å². The highest BCUT2D eigenvalue weighted by Gasteiger charge is 2.32. The van der Waals surface area contributed by atoms with E-state index in [2.05, 4.69) is 10.2 Å². The number of rotatable bonds is 1. The second-order valence-electron chi connectivity index (χ2n) is 4.45. The smallest absolute Gasteiger partial charge is 0.397 e. The zero-order valence-corrected chi connectivity index (χ0v) is 12.1. The van der Waals surface area contributed by atoms with Crippen LogP contribution in [0.4, 0.5) is 18.9 Å². The number of nitrogens with two attached hydrogens (primary N) is 1. The molecule has 0 atom stereocenters. The largest absolute Gasteiger partial charge is 0.417 e. The van der Waals surface area contributed by atoms with Gasteiger partial charge in [0.15, 0.2) is 11.5 Å². The van der Waals surface area contributed by atoms with Crippen LogP contribution in [0.3, 0.4) is 0 Å². The van der Waals surface area contributed by atoms with Crippen molar-refractivity contribution in [1.82, 2.24) is 14.6 Å². The maximum absolute atomic E-state index is 12.9. The fraction of sp³-hybridized carbons (Fsp3) is 0.167. The summed E-state index contributed by atoms with van der Waals surface area (Å²) in [5.41, 5.74) is 6.52. The van der Waals surface area contributed by atoms with Crippen LogP contribution < -0.4 is 5.73 Å². The number of alkyl halides is 3. The Morgan fingerprint density at radius 2 is 2.05 bits per heavy atom. The van der Waals surface area contributed by atoms with E-state index in [0.717, 1.165) is 17.8 Å². The van der Waals surface area contributed by atoms with Crippen LogP contribution in [-0.4, -0.2) is 14.6 Å². The van der Waals surface area contributed by atoms with Crippen molar-refractivity contribution in [1.29, 1.82) is 0 Å². The zero-order valence-electron chi connectivity index (χ0n) is 10.6. The number of aromatic nitrogens is 3.